The quantitative estimate of drug-likeness (QED) is 0.877. The molecule has 1 saturated heterocycles. The van der Waals surface area contributed by atoms with Crippen LogP contribution in [0.2, 0.25) is 0 Å². The van der Waals surface area contributed by atoms with Gasteiger partial charge in [0.2, 0.25) is 0 Å². The predicted molar refractivity (Wildman–Crippen MR) is 79.3 cm³/mol. The Morgan fingerprint density at radius 2 is 2.05 bits per heavy atom. The Balaban J connectivity index is 1.44. The lowest BCUT2D eigenvalue weighted by molar-refractivity contribution is 0.312. The molecule has 0 bridgehead atoms. The summed E-state index contributed by atoms with van der Waals surface area (Å²) in [5.74, 6) is 0.866. The monoisotopic (exact) mass is 261 g/mol. The zero-order chi connectivity index (χ0) is 13.4. The highest BCUT2D eigenvalue weighted by atomic mass is 15.2. The van der Waals surface area contributed by atoms with Crippen LogP contribution in [-0.2, 0) is 13.6 Å². The Kier molecular flexibility index (Phi) is 3.68. The van der Waals surface area contributed by atoms with E-state index in [1.54, 1.807) is 0 Å². The van der Waals surface area contributed by atoms with Crippen LogP contribution in [0.25, 0.3) is 0 Å². The maximum absolute atomic E-state index is 3.66. The molecule has 0 amide bonds. The van der Waals surface area contributed by atoms with E-state index >= 15 is 0 Å². The van der Waals surface area contributed by atoms with Gasteiger partial charge in [0, 0.05) is 37.6 Å². The van der Waals surface area contributed by atoms with Crippen LogP contribution in [0.3, 0.4) is 0 Å². The number of aryl methyl sites for hydroxylation is 1. The van der Waals surface area contributed by atoms with Crippen molar-refractivity contribution in [1.29, 1.82) is 0 Å². The van der Waals surface area contributed by atoms with Gasteiger partial charge in [-0.1, -0.05) is 0 Å². The summed E-state index contributed by atoms with van der Waals surface area (Å²) >= 11 is 0. The molecule has 3 nitrogen and oxygen atoms in total. The fraction of sp³-hybridized carbons (Fsp3) is 0.750. The molecule has 0 aromatic carbocycles. The first kappa shape index (κ1) is 13.2. The smallest absolute Gasteiger partial charge is 0.0223 e. The second kappa shape index (κ2) is 5.29. The summed E-state index contributed by atoms with van der Waals surface area (Å²) in [5.41, 5.74) is 4.21. The third-order valence-electron chi connectivity index (χ3n) is 5.01. The van der Waals surface area contributed by atoms with Crippen molar-refractivity contribution in [3.05, 3.63) is 23.0 Å². The molecular weight excluding hydrogens is 234 g/mol. The minimum atomic E-state index is 0.866. The summed E-state index contributed by atoms with van der Waals surface area (Å²) in [6, 6.07) is 3.26. The fourth-order valence-corrected chi connectivity index (χ4v) is 3.32. The first-order valence-electron chi connectivity index (χ1n) is 7.71. The average Bonchev–Trinajstić information content (AvgIpc) is 3.10. The van der Waals surface area contributed by atoms with Crippen LogP contribution in [0.5, 0.6) is 0 Å². The molecule has 1 aliphatic heterocycles. The lowest BCUT2D eigenvalue weighted by Crippen LogP contribution is -2.27. The van der Waals surface area contributed by atoms with Gasteiger partial charge in [-0.15, -0.1) is 0 Å². The standard InChI is InChI=1S/C16H27N3/c1-12-8-15(13(2)18(12)3)10-17-9-14-6-7-19(11-14)16-4-5-16/h8,14,16-17H,4-7,9-11H2,1-3H3. The number of likely N-dealkylation sites (tertiary alicyclic amines) is 1. The molecular formula is C16H27N3. The lowest BCUT2D eigenvalue weighted by Gasteiger charge is -2.15. The van der Waals surface area contributed by atoms with Crippen molar-refractivity contribution in [2.45, 2.75) is 45.7 Å². The first-order chi connectivity index (χ1) is 9.15. The number of rotatable bonds is 5. The molecule has 3 rings (SSSR count). The maximum atomic E-state index is 3.66. The molecule has 1 aromatic heterocycles. The molecule has 2 heterocycles. The highest BCUT2D eigenvalue weighted by Gasteiger charge is 2.33. The Labute approximate surface area is 117 Å². The molecule has 3 heteroatoms. The van der Waals surface area contributed by atoms with Gasteiger partial charge in [-0.2, -0.15) is 0 Å². The largest absolute Gasteiger partial charge is 0.352 e. The summed E-state index contributed by atoms with van der Waals surface area (Å²) in [5, 5.41) is 3.66. The predicted octanol–water partition coefficient (Wildman–Crippen LogP) is 2.22. The van der Waals surface area contributed by atoms with E-state index in [4.69, 9.17) is 0 Å². The van der Waals surface area contributed by atoms with E-state index in [1.165, 1.54) is 55.8 Å². The molecule has 1 aliphatic carbocycles. The van der Waals surface area contributed by atoms with Crippen LogP contribution >= 0.6 is 0 Å². The van der Waals surface area contributed by atoms with Crippen molar-refractivity contribution in [2.24, 2.45) is 13.0 Å². The van der Waals surface area contributed by atoms with Crippen LogP contribution in [0.4, 0.5) is 0 Å². The van der Waals surface area contributed by atoms with E-state index in [0.29, 0.717) is 0 Å². The Bertz CT molecular complexity index is 445. The summed E-state index contributed by atoms with van der Waals surface area (Å²) < 4.78 is 2.28. The third kappa shape index (κ3) is 2.87. The highest BCUT2D eigenvalue weighted by Crippen LogP contribution is 2.31. The number of hydrogen-bond acceptors (Lipinski definition) is 2. The Hall–Kier alpha value is -0.800. The second-order valence-electron chi connectivity index (χ2n) is 6.47. The topological polar surface area (TPSA) is 20.2 Å². The summed E-state index contributed by atoms with van der Waals surface area (Å²) in [6.07, 6.45) is 4.28. The van der Waals surface area contributed by atoms with Crippen LogP contribution in [0, 0.1) is 19.8 Å². The van der Waals surface area contributed by atoms with Crippen LogP contribution in [0.15, 0.2) is 6.07 Å². The molecule has 0 radical (unpaired) electrons. The normalized spacial score (nSPS) is 24.3. The minimum absolute atomic E-state index is 0.866. The fourth-order valence-electron chi connectivity index (χ4n) is 3.32. The molecule has 1 N–H and O–H groups in total. The molecule has 1 unspecified atom stereocenters. The number of nitrogens with one attached hydrogen (secondary N) is 1. The zero-order valence-corrected chi connectivity index (χ0v) is 12.6. The van der Waals surface area contributed by atoms with Crippen LogP contribution < -0.4 is 5.32 Å². The zero-order valence-electron chi connectivity index (χ0n) is 12.6. The van der Waals surface area contributed by atoms with Gasteiger partial charge in [0.05, 0.1) is 0 Å². The van der Waals surface area contributed by atoms with Crippen molar-refractivity contribution in [3.63, 3.8) is 0 Å². The molecule has 106 valence electrons. The Morgan fingerprint density at radius 1 is 1.26 bits per heavy atom. The van der Waals surface area contributed by atoms with E-state index in [0.717, 1.165) is 18.5 Å². The van der Waals surface area contributed by atoms with Crippen molar-refractivity contribution in [2.75, 3.05) is 19.6 Å². The first-order valence-corrected chi connectivity index (χ1v) is 7.71. The van der Waals surface area contributed by atoms with E-state index in [-0.39, 0.29) is 0 Å². The van der Waals surface area contributed by atoms with E-state index < -0.39 is 0 Å². The van der Waals surface area contributed by atoms with Crippen molar-refractivity contribution < 1.29 is 0 Å². The number of nitrogens with zero attached hydrogens (tertiary/aromatic N) is 2. The molecule has 0 spiro atoms. The van der Waals surface area contributed by atoms with Gasteiger partial charge in [0.25, 0.3) is 0 Å². The molecule has 1 saturated carbocycles. The van der Waals surface area contributed by atoms with E-state index in [9.17, 15) is 0 Å². The van der Waals surface area contributed by atoms with Gasteiger partial charge >= 0.3 is 0 Å². The van der Waals surface area contributed by atoms with E-state index in [2.05, 4.69) is 41.7 Å². The van der Waals surface area contributed by atoms with Crippen molar-refractivity contribution >= 4 is 0 Å². The molecule has 19 heavy (non-hydrogen) atoms. The molecule has 2 fully saturated rings. The molecule has 1 atom stereocenters. The third-order valence-corrected chi connectivity index (χ3v) is 5.01. The average molecular weight is 261 g/mol. The molecule has 1 aromatic rings. The summed E-state index contributed by atoms with van der Waals surface area (Å²) in [7, 11) is 2.15. The lowest BCUT2D eigenvalue weighted by atomic mass is 10.1. The second-order valence-corrected chi connectivity index (χ2v) is 6.47. The summed E-state index contributed by atoms with van der Waals surface area (Å²) in [6.45, 7) is 9.25. The molecule has 2 aliphatic rings. The van der Waals surface area contributed by atoms with E-state index in [1.807, 2.05) is 0 Å². The maximum Gasteiger partial charge on any atom is 0.0223 e. The van der Waals surface area contributed by atoms with Gasteiger partial charge in [-0.3, -0.25) is 0 Å². The number of aromatic nitrogens is 1. The summed E-state index contributed by atoms with van der Waals surface area (Å²) in [4.78, 5) is 2.70. The highest BCUT2D eigenvalue weighted by molar-refractivity contribution is 5.26. The van der Waals surface area contributed by atoms with Gasteiger partial charge in [0.15, 0.2) is 0 Å². The van der Waals surface area contributed by atoms with Crippen LogP contribution in [-0.4, -0.2) is 35.1 Å². The van der Waals surface area contributed by atoms with Crippen molar-refractivity contribution in [1.82, 2.24) is 14.8 Å². The van der Waals surface area contributed by atoms with Gasteiger partial charge in [-0.25, -0.2) is 0 Å². The van der Waals surface area contributed by atoms with Crippen LogP contribution in [0.1, 0.15) is 36.2 Å². The van der Waals surface area contributed by atoms with Gasteiger partial charge in [-0.05, 0) is 63.7 Å². The van der Waals surface area contributed by atoms with Gasteiger partial charge in [0.1, 0.15) is 0 Å². The minimum Gasteiger partial charge on any atom is -0.352 e. The SMILES string of the molecule is Cc1cc(CNCC2CCN(C3CC3)C2)c(C)n1C. The van der Waals surface area contributed by atoms with Crippen molar-refractivity contribution in [3.8, 4) is 0 Å². The Morgan fingerprint density at radius 3 is 2.68 bits per heavy atom. The number of hydrogen-bond donors (Lipinski definition) is 1. The van der Waals surface area contributed by atoms with Gasteiger partial charge < -0.3 is 14.8 Å².